The summed E-state index contributed by atoms with van der Waals surface area (Å²) in [5.74, 6) is -0.803. The molecule has 2 amide bonds. The summed E-state index contributed by atoms with van der Waals surface area (Å²) in [6, 6.07) is 8.69. The fraction of sp³-hybridized carbons (Fsp3) is 0.619. The lowest BCUT2D eigenvalue weighted by atomic mass is 9.92. The molecule has 2 N–H and O–H groups in total. The predicted octanol–water partition coefficient (Wildman–Crippen LogP) is 2.61. The number of amides is 2. The Morgan fingerprint density at radius 2 is 2.00 bits per heavy atom. The molecule has 0 spiro atoms. The van der Waals surface area contributed by atoms with Gasteiger partial charge in [0.2, 0.25) is 0 Å². The Balaban J connectivity index is 1.52. The van der Waals surface area contributed by atoms with Crippen LogP contribution in [0.15, 0.2) is 24.3 Å². The van der Waals surface area contributed by atoms with E-state index in [2.05, 4.69) is 36.5 Å². The number of rotatable bonds is 6. The molecular formula is C21H31N3O3. The minimum absolute atomic E-state index is 0.0106. The number of benzene rings is 1. The smallest absolute Gasteiger partial charge is 0.317 e. The van der Waals surface area contributed by atoms with Gasteiger partial charge in [0.05, 0.1) is 6.54 Å². The number of likely N-dealkylation sites (N-methyl/N-ethyl adjacent to an activating group) is 1. The van der Waals surface area contributed by atoms with Gasteiger partial charge in [-0.1, -0.05) is 24.3 Å². The standard InChI is InChI=1S/C21H31N3O3/c1-16-6-3-4-8-18(16)21(10-11-21)15-22-20(27)24-12-5-7-17(9-13-24)23(2)14-19(25)26/h3-4,6,8,17H,5,7,9-15H2,1-2H3,(H,22,27)(H,25,26). The third-order valence-corrected chi connectivity index (χ3v) is 6.14. The minimum Gasteiger partial charge on any atom is -0.480 e. The van der Waals surface area contributed by atoms with E-state index in [4.69, 9.17) is 5.11 Å². The Morgan fingerprint density at radius 3 is 2.67 bits per heavy atom. The number of aryl methyl sites for hydroxylation is 1. The van der Waals surface area contributed by atoms with Gasteiger partial charge in [0.25, 0.3) is 0 Å². The van der Waals surface area contributed by atoms with Crippen molar-refractivity contribution >= 4 is 12.0 Å². The van der Waals surface area contributed by atoms with Crippen LogP contribution in [0.4, 0.5) is 4.79 Å². The zero-order valence-corrected chi connectivity index (χ0v) is 16.4. The first-order valence-electron chi connectivity index (χ1n) is 9.92. The molecule has 6 heteroatoms. The Morgan fingerprint density at radius 1 is 1.26 bits per heavy atom. The molecule has 1 aliphatic heterocycles. The van der Waals surface area contributed by atoms with Gasteiger partial charge in [0.1, 0.15) is 0 Å². The highest BCUT2D eigenvalue weighted by Crippen LogP contribution is 2.48. The van der Waals surface area contributed by atoms with Crippen molar-refractivity contribution in [3.8, 4) is 0 Å². The van der Waals surface area contributed by atoms with Gasteiger partial charge in [-0.25, -0.2) is 4.79 Å². The Hall–Kier alpha value is -2.08. The fourth-order valence-corrected chi connectivity index (χ4v) is 4.28. The average Bonchev–Trinajstić information content (AvgIpc) is 3.43. The molecule has 2 fully saturated rings. The van der Waals surface area contributed by atoms with E-state index in [-0.39, 0.29) is 24.0 Å². The maximum Gasteiger partial charge on any atom is 0.317 e. The summed E-state index contributed by atoms with van der Waals surface area (Å²) in [7, 11) is 1.85. The van der Waals surface area contributed by atoms with Crippen molar-refractivity contribution in [2.45, 2.75) is 50.5 Å². The van der Waals surface area contributed by atoms with Crippen LogP contribution in [0, 0.1) is 6.92 Å². The van der Waals surface area contributed by atoms with Crippen LogP contribution in [0.3, 0.4) is 0 Å². The topological polar surface area (TPSA) is 72.9 Å². The minimum atomic E-state index is -0.803. The lowest BCUT2D eigenvalue weighted by Gasteiger charge is -2.26. The van der Waals surface area contributed by atoms with Crippen molar-refractivity contribution in [1.82, 2.24) is 15.1 Å². The van der Waals surface area contributed by atoms with Crippen LogP contribution in [0.1, 0.15) is 43.2 Å². The number of aliphatic carboxylic acids is 1. The van der Waals surface area contributed by atoms with Crippen molar-refractivity contribution in [1.29, 1.82) is 0 Å². The molecule has 1 saturated carbocycles. The van der Waals surface area contributed by atoms with Crippen molar-refractivity contribution in [2.75, 3.05) is 33.2 Å². The summed E-state index contributed by atoms with van der Waals surface area (Å²) in [6.07, 6.45) is 4.91. The molecule has 1 aliphatic carbocycles. The van der Waals surface area contributed by atoms with Gasteiger partial charge in [-0.05, 0) is 57.2 Å². The third-order valence-electron chi connectivity index (χ3n) is 6.14. The summed E-state index contributed by atoms with van der Waals surface area (Å²) in [4.78, 5) is 27.4. The summed E-state index contributed by atoms with van der Waals surface area (Å²) < 4.78 is 0. The van der Waals surface area contributed by atoms with Crippen LogP contribution in [0.5, 0.6) is 0 Å². The fourth-order valence-electron chi connectivity index (χ4n) is 4.28. The number of carbonyl (C=O) groups is 2. The van der Waals surface area contributed by atoms with E-state index in [9.17, 15) is 9.59 Å². The van der Waals surface area contributed by atoms with Gasteiger partial charge in [0, 0.05) is 31.1 Å². The molecule has 2 aliphatic rings. The highest BCUT2D eigenvalue weighted by Gasteiger charge is 2.45. The number of carboxylic acid groups (broad SMARTS) is 1. The molecule has 3 rings (SSSR count). The predicted molar refractivity (Wildman–Crippen MR) is 105 cm³/mol. The molecule has 0 radical (unpaired) electrons. The van der Waals surface area contributed by atoms with Crippen molar-refractivity contribution in [3.63, 3.8) is 0 Å². The molecule has 6 nitrogen and oxygen atoms in total. The lowest BCUT2D eigenvalue weighted by molar-refractivity contribution is -0.138. The van der Waals surface area contributed by atoms with Crippen LogP contribution in [0.2, 0.25) is 0 Å². The van der Waals surface area contributed by atoms with E-state index in [0.717, 1.165) is 38.6 Å². The first-order chi connectivity index (χ1) is 12.9. The van der Waals surface area contributed by atoms with E-state index >= 15 is 0 Å². The van der Waals surface area contributed by atoms with Crippen LogP contribution in [-0.2, 0) is 10.2 Å². The van der Waals surface area contributed by atoms with Gasteiger partial charge in [-0.3, -0.25) is 9.69 Å². The first kappa shape index (κ1) is 19.7. The summed E-state index contributed by atoms with van der Waals surface area (Å²) in [6.45, 7) is 4.30. The van der Waals surface area contributed by atoms with E-state index < -0.39 is 5.97 Å². The molecular weight excluding hydrogens is 342 g/mol. The van der Waals surface area contributed by atoms with Crippen LogP contribution in [-0.4, -0.2) is 66.2 Å². The highest BCUT2D eigenvalue weighted by atomic mass is 16.4. The number of likely N-dealkylation sites (tertiary alicyclic amines) is 1. The van der Waals surface area contributed by atoms with Crippen molar-refractivity contribution < 1.29 is 14.7 Å². The van der Waals surface area contributed by atoms with Crippen molar-refractivity contribution in [3.05, 3.63) is 35.4 Å². The molecule has 1 heterocycles. The van der Waals surface area contributed by atoms with Crippen molar-refractivity contribution in [2.24, 2.45) is 0 Å². The third kappa shape index (κ3) is 4.80. The Labute approximate surface area is 161 Å². The van der Waals surface area contributed by atoms with E-state index in [1.54, 1.807) is 0 Å². The quantitative estimate of drug-likeness (QED) is 0.804. The Bertz CT molecular complexity index is 687. The zero-order valence-electron chi connectivity index (χ0n) is 16.4. The summed E-state index contributed by atoms with van der Waals surface area (Å²) >= 11 is 0. The number of nitrogens with one attached hydrogen (secondary N) is 1. The molecule has 1 unspecified atom stereocenters. The number of hydrogen-bond acceptors (Lipinski definition) is 3. The normalized spacial score (nSPS) is 21.6. The van der Waals surface area contributed by atoms with E-state index in [0.29, 0.717) is 13.1 Å². The molecule has 27 heavy (non-hydrogen) atoms. The first-order valence-corrected chi connectivity index (χ1v) is 9.92. The van der Waals surface area contributed by atoms with Gasteiger partial charge in [-0.15, -0.1) is 0 Å². The number of nitrogens with zero attached hydrogens (tertiary/aromatic N) is 2. The zero-order chi connectivity index (χ0) is 19.4. The second kappa shape index (κ2) is 8.30. The van der Waals surface area contributed by atoms with E-state index in [1.165, 1.54) is 11.1 Å². The summed E-state index contributed by atoms with van der Waals surface area (Å²) in [5, 5.41) is 12.1. The SMILES string of the molecule is Cc1ccccc1C1(CNC(=O)N2CCCC(N(C)CC(=O)O)CC2)CC1. The monoisotopic (exact) mass is 373 g/mol. The van der Waals surface area contributed by atoms with Gasteiger partial charge in [-0.2, -0.15) is 0 Å². The highest BCUT2D eigenvalue weighted by molar-refractivity contribution is 5.74. The molecule has 1 saturated heterocycles. The van der Waals surface area contributed by atoms with Gasteiger partial charge in [0.15, 0.2) is 0 Å². The molecule has 0 aromatic heterocycles. The van der Waals surface area contributed by atoms with Crippen LogP contribution >= 0.6 is 0 Å². The number of urea groups is 1. The second-order valence-corrected chi connectivity index (χ2v) is 8.13. The molecule has 1 aromatic carbocycles. The second-order valence-electron chi connectivity index (χ2n) is 8.13. The van der Waals surface area contributed by atoms with Gasteiger partial charge >= 0.3 is 12.0 Å². The van der Waals surface area contributed by atoms with Gasteiger partial charge < -0.3 is 15.3 Å². The maximum atomic E-state index is 12.7. The number of carboxylic acids is 1. The average molecular weight is 373 g/mol. The molecule has 1 atom stereocenters. The van der Waals surface area contributed by atoms with Crippen LogP contribution < -0.4 is 5.32 Å². The maximum absolute atomic E-state index is 12.7. The summed E-state index contributed by atoms with van der Waals surface area (Å²) in [5.41, 5.74) is 2.76. The number of hydrogen-bond donors (Lipinski definition) is 2. The van der Waals surface area contributed by atoms with Crippen LogP contribution in [0.25, 0.3) is 0 Å². The molecule has 0 bridgehead atoms. The van der Waals surface area contributed by atoms with E-state index in [1.807, 2.05) is 16.8 Å². The molecule has 1 aromatic rings. The Kier molecular flexibility index (Phi) is 6.05. The lowest BCUT2D eigenvalue weighted by Crippen LogP contribution is -2.44. The number of carbonyl (C=O) groups excluding carboxylic acids is 1. The largest absolute Gasteiger partial charge is 0.480 e. The molecule has 148 valence electrons.